The highest BCUT2D eigenvalue weighted by Crippen LogP contribution is 2.30. The normalized spacial score (nSPS) is 10.2. The van der Waals surface area contributed by atoms with Crippen molar-refractivity contribution in [3.8, 4) is 5.75 Å². The van der Waals surface area contributed by atoms with Crippen molar-refractivity contribution in [3.63, 3.8) is 0 Å². The fourth-order valence-corrected chi connectivity index (χ4v) is 1.82. The SMILES string of the molecule is C=CC(=O)c1cccc(Nc2c(C=C)c(=O)c2=O)c1O. The maximum absolute atomic E-state index is 11.5. The summed E-state index contributed by atoms with van der Waals surface area (Å²) in [6, 6.07) is 4.46. The van der Waals surface area contributed by atoms with Gasteiger partial charge in [0.05, 0.1) is 16.8 Å². The highest BCUT2D eigenvalue weighted by atomic mass is 16.3. The highest BCUT2D eigenvalue weighted by Gasteiger charge is 2.20. The Morgan fingerprint density at radius 1 is 1.20 bits per heavy atom. The third-order valence-electron chi connectivity index (χ3n) is 2.90. The molecule has 0 radical (unpaired) electrons. The third kappa shape index (κ3) is 1.95. The van der Waals surface area contributed by atoms with Crippen LogP contribution in [0.1, 0.15) is 15.9 Å². The van der Waals surface area contributed by atoms with Crippen LogP contribution in [-0.2, 0) is 0 Å². The molecular weight excluding hydrogens is 258 g/mol. The molecule has 5 heteroatoms. The minimum atomic E-state index is -0.681. The first-order valence-electron chi connectivity index (χ1n) is 5.72. The van der Waals surface area contributed by atoms with Gasteiger partial charge < -0.3 is 10.4 Å². The summed E-state index contributed by atoms with van der Waals surface area (Å²) in [6.45, 7) is 6.78. The number of phenolic OH excluding ortho intramolecular Hbond substituents is 1. The minimum absolute atomic E-state index is 0.0588. The van der Waals surface area contributed by atoms with Gasteiger partial charge in [0.1, 0.15) is 11.4 Å². The monoisotopic (exact) mass is 269 g/mol. The molecule has 0 saturated heterocycles. The third-order valence-corrected chi connectivity index (χ3v) is 2.90. The first kappa shape index (κ1) is 13.5. The van der Waals surface area contributed by atoms with Crippen molar-refractivity contribution in [3.05, 3.63) is 69.0 Å². The number of ketones is 1. The molecular formula is C15H11NO4. The van der Waals surface area contributed by atoms with E-state index in [2.05, 4.69) is 18.5 Å². The van der Waals surface area contributed by atoms with Crippen LogP contribution in [0, 0.1) is 0 Å². The summed E-state index contributed by atoms with van der Waals surface area (Å²) in [6.07, 6.45) is 2.34. The van der Waals surface area contributed by atoms with Crippen molar-refractivity contribution in [2.45, 2.75) is 0 Å². The largest absolute Gasteiger partial charge is 0.505 e. The van der Waals surface area contributed by atoms with Crippen LogP contribution < -0.4 is 16.2 Å². The molecule has 5 nitrogen and oxygen atoms in total. The summed E-state index contributed by atoms with van der Waals surface area (Å²) < 4.78 is 0. The number of anilines is 2. The van der Waals surface area contributed by atoms with E-state index in [4.69, 9.17) is 0 Å². The lowest BCUT2D eigenvalue weighted by atomic mass is 10.1. The Morgan fingerprint density at radius 3 is 2.50 bits per heavy atom. The number of benzene rings is 1. The van der Waals surface area contributed by atoms with E-state index in [-0.39, 0.29) is 28.3 Å². The molecule has 100 valence electrons. The summed E-state index contributed by atoms with van der Waals surface area (Å²) in [4.78, 5) is 34.2. The second kappa shape index (κ2) is 4.97. The number of carbonyl (C=O) groups is 1. The number of phenols is 1. The van der Waals surface area contributed by atoms with Gasteiger partial charge in [-0.05, 0) is 18.2 Å². The Balaban J connectivity index is 2.45. The van der Waals surface area contributed by atoms with Gasteiger partial charge in [-0.2, -0.15) is 0 Å². The van der Waals surface area contributed by atoms with Crippen LogP contribution in [0.2, 0.25) is 0 Å². The van der Waals surface area contributed by atoms with Gasteiger partial charge in [-0.3, -0.25) is 14.4 Å². The molecule has 2 N–H and O–H groups in total. The topological polar surface area (TPSA) is 83.5 Å². The van der Waals surface area contributed by atoms with Crippen molar-refractivity contribution in [1.82, 2.24) is 0 Å². The number of para-hydroxylation sites is 1. The number of hydrogen-bond donors (Lipinski definition) is 2. The standard InChI is InChI=1S/C15H11NO4/c1-3-8-12(15(20)14(8)19)16-10-7-5-6-9(13(10)18)11(17)4-2/h3-7,16,18H,1-2H2. The first-order chi connectivity index (χ1) is 9.51. The number of nitrogens with one attached hydrogen (secondary N) is 1. The Labute approximate surface area is 114 Å². The Hall–Kier alpha value is -2.95. The van der Waals surface area contributed by atoms with Crippen molar-refractivity contribution >= 4 is 23.2 Å². The Bertz CT molecular complexity index is 795. The predicted molar refractivity (Wildman–Crippen MR) is 77.4 cm³/mol. The van der Waals surface area contributed by atoms with Crippen LogP contribution in [0.25, 0.3) is 6.08 Å². The zero-order valence-electron chi connectivity index (χ0n) is 10.5. The molecule has 0 aliphatic rings. The van der Waals surface area contributed by atoms with Crippen molar-refractivity contribution in [2.24, 2.45) is 0 Å². The van der Waals surface area contributed by atoms with Gasteiger partial charge in [-0.25, -0.2) is 0 Å². The van der Waals surface area contributed by atoms with Crippen LogP contribution >= 0.6 is 0 Å². The van der Waals surface area contributed by atoms with Gasteiger partial charge >= 0.3 is 0 Å². The molecule has 2 aromatic carbocycles. The molecule has 0 heterocycles. The molecule has 0 aromatic heterocycles. The molecule has 0 saturated carbocycles. The molecule has 0 bridgehead atoms. The van der Waals surface area contributed by atoms with Crippen LogP contribution in [0.3, 0.4) is 0 Å². The molecule has 0 atom stereocenters. The maximum Gasteiger partial charge on any atom is 0.250 e. The lowest BCUT2D eigenvalue weighted by Gasteiger charge is -2.13. The number of aromatic hydroxyl groups is 1. The summed E-state index contributed by atoms with van der Waals surface area (Å²) in [5, 5.41) is 12.6. The quantitative estimate of drug-likeness (QED) is 0.374. The Kier molecular flexibility index (Phi) is 3.35. The number of hydrogen-bond acceptors (Lipinski definition) is 5. The molecule has 0 unspecified atom stereocenters. The van der Waals surface area contributed by atoms with E-state index in [1.165, 1.54) is 24.3 Å². The van der Waals surface area contributed by atoms with Crippen LogP contribution in [-0.4, -0.2) is 10.9 Å². The van der Waals surface area contributed by atoms with Crippen molar-refractivity contribution in [1.29, 1.82) is 0 Å². The number of carbonyl (C=O) groups excluding carboxylic acids is 1. The summed E-state index contributed by atoms with van der Waals surface area (Å²) in [5.41, 5.74) is -0.866. The van der Waals surface area contributed by atoms with E-state index in [0.717, 1.165) is 6.08 Å². The van der Waals surface area contributed by atoms with Crippen molar-refractivity contribution < 1.29 is 9.90 Å². The van der Waals surface area contributed by atoms with E-state index in [0.29, 0.717) is 0 Å². The molecule has 0 fully saturated rings. The lowest BCUT2D eigenvalue weighted by Crippen LogP contribution is -2.36. The van der Waals surface area contributed by atoms with Gasteiger partial charge in [-0.1, -0.05) is 25.3 Å². The molecule has 0 amide bonds. The zero-order valence-corrected chi connectivity index (χ0v) is 10.5. The average molecular weight is 269 g/mol. The Morgan fingerprint density at radius 2 is 1.90 bits per heavy atom. The van der Waals surface area contributed by atoms with E-state index in [1.54, 1.807) is 0 Å². The van der Waals surface area contributed by atoms with Gasteiger partial charge in [0.15, 0.2) is 5.78 Å². The smallest absolute Gasteiger partial charge is 0.250 e. The molecule has 0 aliphatic carbocycles. The van der Waals surface area contributed by atoms with Crippen molar-refractivity contribution in [2.75, 3.05) is 5.32 Å². The van der Waals surface area contributed by atoms with E-state index < -0.39 is 16.6 Å². The van der Waals surface area contributed by atoms with Crippen LogP contribution in [0.4, 0.5) is 11.4 Å². The second-order valence-electron chi connectivity index (χ2n) is 4.05. The predicted octanol–water partition coefficient (Wildman–Crippen LogP) is 1.74. The number of allylic oxidation sites excluding steroid dienone is 1. The first-order valence-corrected chi connectivity index (χ1v) is 5.72. The molecule has 0 aliphatic heterocycles. The summed E-state index contributed by atoms with van der Waals surface area (Å²) in [7, 11) is 0. The van der Waals surface area contributed by atoms with Crippen LogP contribution in [0.5, 0.6) is 5.75 Å². The molecule has 2 aromatic rings. The highest BCUT2D eigenvalue weighted by molar-refractivity contribution is 6.07. The number of rotatable bonds is 5. The van der Waals surface area contributed by atoms with Gasteiger partial charge in [0.2, 0.25) is 10.9 Å². The fourth-order valence-electron chi connectivity index (χ4n) is 1.82. The molecule has 20 heavy (non-hydrogen) atoms. The zero-order chi connectivity index (χ0) is 14.9. The average Bonchev–Trinajstić information content (AvgIpc) is 2.47. The fraction of sp³-hybridized carbons (Fsp3) is 0. The maximum atomic E-state index is 11.5. The van der Waals surface area contributed by atoms with E-state index >= 15 is 0 Å². The van der Waals surface area contributed by atoms with Gasteiger partial charge in [0.25, 0.3) is 0 Å². The summed E-state index contributed by atoms with van der Waals surface area (Å²) in [5.74, 6) is -0.749. The van der Waals surface area contributed by atoms with E-state index in [9.17, 15) is 19.5 Å². The van der Waals surface area contributed by atoms with Crippen LogP contribution in [0.15, 0.2) is 47.0 Å². The van der Waals surface area contributed by atoms with E-state index in [1.807, 2.05) is 0 Å². The van der Waals surface area contributed by atoms with Gasteiger partial charge in [-0.15, -0.1) is 0 Å². The molecule has 0 spiro atoms. The lowest BCUT2D eigenvalue weighted by molar-refractivity contribution is 0.104. The summed E-state index contributed by atoms with van der Waals surface area (Å²) >= 11 is 0. The minimum Gasteiger partial charge on any atom is -0.505 e. The molecule has 2 rings (SSSR count). The van der Waals surface area contributed by atoms with Gasteiger partial charge in [0, 0.05) is 0 Å². The second-order valence-corrected chi connectivity index (χ2v) is 4.05.